The largest absolute Gasteiger partial charge is 0.357 e. The Morgan fingerprint density at radius 3 is 2.88 bits per heavy atom. The summed E-state index contributed by atoms with van der Waals surface area (Å²) < 4.78 is 1.21. The van der Waals surface area contributed by atoms with E-state index in [0.717, 1.165) is 26.1 Å². The van der Waals surface area contributed by atoms with Crippen molar-refractivity contribution < 1.29 is 0 Å². The van der Waals surface area contributed by atoms with Gasteiger partial charge in [-0.1, -0.05) is 18.2 Å². The Balaban J connectivity index is 1.71. The van der Waals surface area contributed by atoms with Crippen molar-refractivity contribution >= 4 is 38.2 Å². The lowest BCUT2D eigenvalue weighted by molar-refractivity contribution is 0.0558. The number of nitrogens with zero attached hydrogens (tertiary/aromatic N) is 2. The van der Waals surface area contributed by atoms with Crippen LogP contribution in [0.3, 0.4) is 0 Å². The molecule has 0 amide bonds. The number of halogens is 1. The molecule has 4 heterocycles. The normalized spacial score (nSPS) is 24.9. The van der Waals surface area contributed by atoms with Crippen molar-refractivity contribution in [3.05, 3.63) is 56.3 Å². The van der Waals surface area contributed by atoms with Crippen molar-refractivity contribution in [3.8, 4) is 0 Å². The molecular weight excluding hydrogens is 382 g/mol. The summed E-state index contributed by atoms with van der Waals surface area (Å²) in [5.74, 6) is 0. The lowest BCUT2D eigenvalue weighted by atomic mass is 9.89. The Hall–Kier alpha value is -1.14. The summed E-state index contributed by atoms with van der Waals surface area (Å²) in [6.45, 7) is 3.44. The maximum Gasteiger partial charge on any atom is 0.0854 e. The first-order chi connectivity index (χ1) is 11.7. The van der Waals surface area contributed by atoms with Crippen LogP contribution >= 0.6 is 27.3 Å². The first kappa shape index (κ1) is 15.1. The van der Waals surface area contributed by atoms with Crippen LogP contribution < -0.4 is 0 Å². The van der Waals surface area contributed by atoms with Gasteiger partial charge in [-0.05, 0) is 53.2 Å². The number of nitrogens with one attached hydrogen (secondary N) is 1. The second-order valence-electron chi connectivity index (χ2n) is 6.97. The highest BCUT2D eigenvalue weighted by atomic mass is 79.9. The van der Waals surface area contributed by atoms with Crippen LogP contribution in [0.15, 0.2) is 40.2 Å². The maximum atomic E-state index is 3.75. The quantitative estimate of drug-likeness (QED) is 0.658. The Morgan fingerprint density at radius 2 is 2.04 bits per heavy atom. The molecular formula is C19H20BrN3S. The van der Waals surface area contributed by atoms with Gasteiger partial charge in [-0.3, -0.25) is 4.90 Å². The Labute approximate surface area is 154 Å². The number of rotatable bonds is 1. The molecule has 0 spiro atoms. The number of hydrogen-bond acceptors (Lipinski definition) is 3. The monoisotopic (exact) mass is 401 g/mol. The molecule has 1 fully saturated rings. The first-order valence-corrected chi connectivity index (χ1v) is 10.1. The third-order valence-corrected chi connectivity index (χ3v) is 7.16. The fourth-order valence-corrected chi connectivity index (χ4v) is 5.96. The molecule has 2 aliphatic rings. The number of piperazine rings is 1. The average Bonchev–Trinajstić information content (AvgIpc) is 3.16. The van der Waals surface area contributed by atoms with E-state index in [0.29, 0.717) is 12.1 Å². The molecule has 1 saturated heterocycles. The summed E-state index contributed by atoms with van der Waals surface area (Å²) in [4.78, 5) is 10.4. The molecule has 24 heavy (non-hydrogen) atoms. The minimum absolute atomic E-state index is 0.358. The molecule has 0 bridgehead atoms. The number of hydrogen-bond donors (Lipinski definition) is 1. The number of aromatic nitrogens is 1. The van der Waals surface area contributed by atoms with Gasteiger partial charge in [0.05, 0.1) is 9.83 Å². The number of para-hydroxylation sites is 1. The maximum absolute atomic E-state index is 3.75. The molecule has 2 aliphatic heterocycles. The number of fused-ring (bicyclic) bond motifs is 4. The number of benzene rings is 1. The molecule has 1 N–H and O–H groups in total. The standard InChI is InChI=1S/C19H20BrN3S/c1-22-8-9-23-12(11-22)10-14-13-4-2-3-5-15(13)21-18(14)19(23)16-6-7-17(20)24-16/h2-7,12,19,21H,8-11H2,1H3. The van der Waals surface area contributed by atoms with E-state index in [1.165, 1.54) is 30.8 Å². The number of H-pyrrole nitrogens is 1. The molecule has 2 aromatic heterocycles. The molecule has 3 aromatic rings. The second-order valence-corrected chi connectivity index (χ2v) is 9.46. The molecule has 0 aliphatic carbocycles. The van der Waals surface area contributed by atoms with Crippen molar-refractivity contribution in [3.63, 3.8) is 0 Å². The Morgan fingerprint density at radius 1 is 1.17 bits per heavy atom. The van der Waals surface area contributed by atoms with E-state index in [1.807, 2.05) is 11.3 Å². The fraction of sp³-hybridized carbons (Fsp3) is 0.368. The van der Waals surface area contributed by atoms with Crippen LogP contribution in [0.4, 0.5) is 0 Å². The smallest absolute Gasteiger partial charge is 0.0854 e. The number of likely N-dealkylation sites (N-methyl/N-ethyl adjacent to an activating group) is 1. The number of thiophene rings is 1. The van der Waals surface area contributed by atoms with Gasteiger partial charge < -0.3 is 9.88 Å². The Bertz CT molecular complexity index is 899. The molecule has 2 unspecified atom stereocenters. The molecule has 0 radical (unpaired) electrons. The minimum atomic E-state index is 0.358. The van der Waals surface area contributed by atoms with E-state index in [4.69, 9.17) is 0 Å². The van der Waals surface area contributed by atoms with Crippen LogP contribution in [0.25, 0.3) is 10.9 Å². The van der Waals surface area contributed by atoms with E-state index in [9.17, 15) is 0 Å². The van der Waals surface area contributed by atoms with Gasteiger partial charge in [-0.25, -0.2) is 0 Å². The summed E-state index contributed by atoms with van der Waals surface area (Å²) in [5, 5.41) is 1.40. The van der Waals surface area contributed by atoms with Crippen LogP contribution in [0.2, 0.25) is 0 Å². The van der Waals surface area contributed by atoms with Gasteiger partial charge in [0.1, 0.15) is 0 Å². The SMILES string of the molecule is CN1CCN2C(Cc3c([nH]c4ccccc34)C2c2ccc(Br)s2)C1. The topological polar surface area (TPSA) is 22.3 Å². The zero-order valence-corrected chi connectivity index (χ0v) is 16.0. The zero-order valence-electron chi connectivity index (χ0n) is 13.6. The van der Waals surface area contributed by atoms with Crippen LogP contribution in [-0.2, 0) is 6.42 Å². The molecule has 3 nitrogen and oxygen atoms in total. The highest BCUT2D eigenvalue weighted by Crippen LogP contribution is 2.44. The lowest BCUT2D eigenvalue weighted by Crippen LogP contribution is -2.55. The average molecular weight is 402 g/mol. The van der Waals surface area contributed by atoms with E-state index in [2.05, 4.69) is 74.2 Å². The van der Waals surface area contributed by atoms with Gasteiger partial charge >= 0.3 is 0 Å². The lowest BCUT2D eigenvalue weighted by Gasteiger charge is -2.47. The fourth-order valence-electron chi connectivity index (χ4n) is 4.40. The molecule has 5 rings (SSSR count). The van der Waals surface area contributed by atoms with E-state index < -0.39 is 0 Å². The third kappa shape index (κ3) is 2.30. The van der Waals surface area contributed by atoms with Crippen LogP contribution in [0, 0.1) is 0 Å². The van der Waals surface area contributed by atoms with Crippen molar-refractivity contribution in [2.75, 3.05) is 26.7 Å². The van der Waals surface area contributed by atoms with Gasteiger partial charge in [0.2, 0.25) is 0 Å². The summed E-state index contributed by atoms with van der Waals surface area (Å²) in [7, 11) is 2.25. The van der Waals surface area contributed by atoms with Crippen molar-refractivity contribution in [2.45, 2.75) is 18.5 Å². The third-order valence-electron chi connectivity index (χ3n) is 5.49. The van der Waals surface area contributed by atoms with Crippen LogP contribution in [-0.4, -0.2) is 47.5 Å². The molecule has 124 valence electrons. The summed E-state index contributed by atoms with van der Waals surface area (Å²) in [6.07, 6.45) is 1.15. The zero-order chi connectivity index (χ0) is 16.3. The molecule has 1 aromatic carbocycles. The molecule has 2 atom stereocenters. The first-order valence-electron chi connectivity index (χ1n) is 8.49. The summed E-state index contributed by atoms with van der Waals surface area (Å²) in [6, 6.07) is 14.2. The molecule has 5 heteroatoms. The van der Waals surface area contributed by atoms with Crippen LogP contribution in [0.1, 0.15) is 22.2 Å². The summed E-state index contributed by atoms with van der Waals surface area (Å²) >= 11 is 5.52. The van der Waals surface area contributed by atoms with Gasteiger partial charge in [-0.15, -0.1) is 11.3 Å². The Kier molecular flexibility index (Phi) is 3.59. The van der Waals surface area contributed by atoms with Gasteiger partial charge in [0.25, 0.3) is 0 Å². The van der Waals surface area contributed by atoms with Gasteiger partial charge in [-0.2, -0.15) is 0 Å². The van der Waals surface area contributed by atoms with E-state index in [1.54, 1.807) is 0 Å². The van der Waals surface area contributed by atoms with Crippen molar-refractivity contribution in [1.82, 2.24) is 14.8 Å². The van der Waals surface area contributed by atoms with Gasteiger partial charge in [0.15, 0.2) is 0 Å². The van der Waals surface area contributed by atoms with Crippen molar-refractivity contribution in [1.29, 1.82) is 0 Å². The number of aromatic amines is 1. The van der Waals surface area contributed by atoms with E-state index in [-0.39, 0.29) is 0 Å². The van der Waals surface area contributed by atoms with E-state index >= 15 is 0 Å². The highest BCUT2D eigenvalue weighted by Gasteiger charge is 2.40. The predicted octanol–water partition coefficient (Wildman–Crippen LogP) is 4.25. The molecule has 0 saturated carbocycles. The van der Waals surface area contributed by atoms with Crippen LogP contribution in [0.5, 0.6) is 0 Å². The van der Waals surface area contributed by atoms with Gasteiger partial charge in [0, 0.05) is 47.2 Å². The second kappa shape index (κ2) is 5.70. The summed E-state index contributed by atoms with van der Waals surface area (Å²) in [5.41, 5.74) is 4.21. The highest BCUT2D eigenvalue weighted by molar-refractivity contribution is 9.11. The van der Waals surface area contributed by atoms with Crippen molar-refractivity contribution in [2.24, 2.45) is 0 Å². The minimum Gasteiger partial charge on any atom is -0.357 e. The predicted molar refractivity (Wildman–Crippen MR) is 104 cm³/mol.